The summed E-state index contributed by atoms with van der Waals surface area (Å²) < 4.78 is 10.7. The average molecular weight is 425 g/mol. The predicted octanol–water partition coefficient (Wildman–Crippen LogP) is 2.07. The molecule has 0 bridgehead atoms. The van der Waals surface area contributed by atoms with Gasteiger partial charge in [-0.3, -0.25) is 4.79 Å². The first-order valence-corrected chi connectivity index (χ1v) is 10.8. The number of thioether (sulfide) groups is 1. The number of nitrogens with zero attached hydrogens (tertiary/aromatic N) is 2. The first kappa shape index (κ1) is 20.5. The van der Waals surface area contributed by atoms with Gasteiger partial charge in [-0.25, -0.2) is 0 Å². The molecule has 0 saturated carbocycles. The second-order valence-corrected chi connectivity index (χ2v) is 8.33. The van der Waals surface area contributed by atoms with Crippen molar-refractivity contribution in [3.05, 3.63) is 64.6 Å². The number of hydrogen-bond donors (Lipinski definition) is 1. The van der Waals surface area contributed by atoms with Crippen molar-refractivity contribution in [2.24, 2.45) is 4.99 Å². The third-order valence-corrected chi connectivity index (χ3v) is 6.42. The average Bonchev–Trinajstić information content (AvgIpc) is 3.15. The molecule has 0 spiro atoms. The van der Waals surface area contributed by atoms with Gasteiger partial charge in [0.2, 0.25) is 0 Å². The SMILES string of the molecule is COc1ccc(/C=C2/SC(N3CC[NH+](Cc4ccccc4)CC3)=NC2=O)c(OC)c1. The Morgan fingerprint density at radius 2 is 1.87 bits per heavy atom. The van der Waals surface area contributed by atoms with E-state index in [1.807, 2.05) is 24.3 Å². The third-order valence-electron chi connectivity index (χ3n) is 5.37. The van der Waals surface area contributed by atoms with Crippen LogP contribution in [-0.2, 0) is 11.3 Å². The van der Waals surface area contributed by atoms with E-state index in [-0.39, 0.29) is 5.91 Å². The fraction of sp³-hybridized carbons (Fsp3) is 0.304. The lowest BCUT2D eigenvalue weighted by Crippen LogP contribution is -3.13. The van der Waals surface area contributed by atoms with Gasteiger partial charge in [0.05, 0.1) is 45.3 Å². The van der Waals surface area contributed by atoms with E-state index in [2.05, 4.69) is 40.2 Å². The molecule has 0 unspecified atom stereocenters. The number of benzene rings is 2. The number of ether oxygens (including phenoxy) is 2. The molecule has 2 aliphatic rings. The van der Waals surface area contributed by atoms with Gasteiger partial charge in [-0.1, -0.05) is 30.3 Å². The summed E-state index contributed by atoms with van der Waals surface area (Å²) in [6.07, 6.45) is 1.85. The van der Waals surface area contributed by atoms with Crippen molar-refractivity contribution in [1.29, 1.82) is 0 Å². The van der Waals surface area contributed by atoms with Crippen LogP contribution in [0.4, 0.5) is 0 Å². The van der Waals surface area contributed by atoms with Crippen molar-refractivity contribution in [1.82, 2.24) is 4.90 Å². The Kier molecular flexibility index (Phi) is 6.40. The number of hydrogen-bond acceptors (Lipinski definition) is 5. The summed E-state index contributed by atoms with van der Waals surface area (Å²) in [6.45, 7) is 4.92. The smallest absolute Gasteiger partial charge is 0.286 e. The van der Waals surface area contributed by atoms with Gasteiger partial charge in [-0.2, -0.15) is 4.99 Å². The molecule has 0 aromatic heterocycles. The Morgan fingerprint density at radius 3 is 2.57 bits per heavy atom. The molecule has 6 nitrogen and oxygen atoms in total. The van der Waals surface area contributed by atoms with E-state index in [9.17, 15) is 4.79 Å². The van der Waals surface area contributed by atoms with Crippen molar-refractivity contribution in [3.63, 3.8) is 0 Å². The summed E-state index contributed by atoms with van der Waals surface area (Å²) in [7, 11) is 3.23. The zero-order valence-electron chi connectivity index (χ0n) is 17.3. The minimum atomic E-state index is -0.188. The van der Waals surface area contributed by atoms with Crippen LogP contribution in [0.15, 0.2) is 58.4 Å². The number of carbonyl (C=O) groups is 1. The van der Waals surface area contributed by atoms with Gasteiger partial charge in [-0.05, 0) is 30.0 Å². The molecule has 1 N–H and O–H groups in total. The highest BCUT2D eigenvalue weighted by atomic mass is 32.2. The second-order valence-electron chi connectivity index (χ2n) is 7.32. The molecule has 2 aromatic rings. The molecule has 1 fully saturated rings. The number of nitrogens with one attached hydrogen (secondary N) is 1. The Hall–Kier alpha value is -2.77. The van der Waals surface area contributed by atoms with Gasteiger partial charge in [0.1, 0.15) is 18.0 Å². The second kappa shape index (κ2) is 9.36. The summed E-state index contributed by atoms with van der Waals surface area (Å²) >= 11 is 1.45. The van der Waals surface area contributed by atoms with Crippen molar-refractivity contribution in [3.8, 4) is 11.5 Å². The quantitative estimate of drug-likeness (QED) is 0.745. The largest absolute Gasteiger partial charge is 0.497 e. The molecular formula is C23H26N3O3S+. The van der Waals surface area contributed by atoms with Crippen LogP contribution < -0.4 is 14.4 Å². The number of amidine groups is 1. The predicted molar refractivity (Wildman–Crippen MR) is 120 cm³/mol. The summed E-state index contributed by atoms with van der Waals surface area (Å²) in [5, 5.41) is 0.803. The van der Waals surface area contributed by atoms with Crippen LogP contribution in [0, 0.1) is 0 Å². The third kappa shape index (κ3) is 4.68. The van der Waals surface area contributed by atoms with Gasteiger partial charge in [0.15, 0.2) is 5.17 Å². The minimum absolute atomic E-state index is 0.188. The number of quaternary nitrogens is 1. The van der Waals surface area contributed by atoms with Crippen LogP contribution in [-0.4, -0.2) is 56.4 Å². The van der Waals surface area contributed by atoms with Gasteiger partial charge in [0.25, 0.3) is 5.91 Å². The Balaban J connectivity index is 1.38. The maximum Gasteiger partial charge on any atom is 0.286 e. The van der Waals surface area contributed by atoms with Crippen LogP contribution >= 0.6 is 11.8 Å². The molecule has 0 aliphatic carbocycles. The van der Waals surface area contributed by atoms with Crippen LogP contribution in [0.1, 0.15) is 11.1 Å². The number of rotatable bonds is 5. The first-order chi connectivity index (χ1) is 14.7. The first-order valence-electron chi connectivity index (χ1n) is 10.0. The zero-order valence-corrected chi connectivity index (χ0v) is 18.1. The number of methoxy groups -OCH3 is 2. The number of aliphatic imine (C=N–C) groups is 1. The lowest BCUT2D eigenvalue weighted by atomic mass is 10.1. The fourth-order valence-corrected chi connectivity index (χ4v) is 4.64. The molecule has 0 radical (unpaired) electrons. The summed E-state index contributed by atoms with van der Waals surface area (Å²) in [5.74, 6) is 1.20. The van der Waals surface area contributed by atoms with Crippen LogP contribution in [0.3, 0.4) is 0 Å². The molecule has 4 rings (SSSR count). The molecule has 156 valence electrons. The normalized spacial score (nSPS) is 18.6. The fourth-order valence-electron chi connectivity index (χ4n) is 3.69. The van der Waals surface area contributed by atoms with Crippen LogP contribution in [0.25, 0.3) is 6.08 Å². The Bertz CT molecular complexity index is 967. The van der Waals surface area contributed by atoms with E-state index in [0.717, 1.165) is 43.5 Å². The van der Waals surface area contributed by atoms with Crippen molar-refractivity contribution >= 4 is 28.9 Å². The topological polar surface area (TPSA) is 55.6 Å². The molecule has 0 atom stereocenters. The monoisotopic (exact) mass is 424 g/mol. The van der Waals surface area contributed by atoms with Gasteiger partial charge >= 0.3 is 0 Å². The number of amides is 1. The van der Waals surface area contributed by atoms with Crippen LogP contribution in [0.5, 0.6) is 11.5 Å². The van der Waals surface area contributed by atoms with E-state index in [1.54, 1.807) is 19.1 Å². The zero-order chi connectivity index (χ0) is 20.9. The van der Waals surface area contributed by atoms with E-state index in [4.69, 9.17) is 9.47 Å². The maximum atomic E-state index is 12.5. The maximum absolute atomic E-state index is 12.5. The van der Waals surface area contributed by atoms with E-state index < -0.39 is 0 Å². The standard InChI is InChI=1S/C23H25N3O3S/c1-28-19-9-8-18(20(15-19)29-2)14-21-22(27)24-23(30-21)26-12-10-25(11-13-26)16-17-6-4-3-5-7-17/h3-9,14-15H,10-13,16H2,1-2H3/p+1/b21-14+. The highest BCUT2D eigenvalue weighted by Gasteiger charge is 2.30. The summed E-state index contributed by atoms with van der Waals surface area (Å²) in [4.78, 5) is 21.2. The molecule has 7 heteroatoms. The molecule has 1 saturated heterocycles. The number of carbonyl (C=O) groups excluding carboxylic acids is 1. The van der Waals surface area contributed by atoms with Gasteiger partial charge < -0.3 is 19.3 Å². The van der Waals surface area contributed by atoms with E-state index in [1.165, 1.54) is 17.3 Å². The van der Waals surface area contributed by atoms with Gasteiger partial charge in [0, 0.05) is 17.2 Å². The minimum Gasteiger partial charge on any atom is -0.497 e. The van der Waals surface area contributed by atoms with Crippen molar-refractivity contribution in [2.45, 2.75) is 6.54 Å². The Morgan fingerprint density at radius 1 is 1.10 bits per heavy atom. The van der Waals surface area contributed by atoms with Crippen molar-refractivity contribution < 1.29 is 19.2 Å². The highest BCUT2D eigenvalue weighted by Crippen LogP contribution is 2.33. The number of piperazine rings is 1. The van der Waals surface area contributed by atoms with Crippen LogP contribution in [0.2, 0.25) is 0 Å². The molecule has 2 aliphatic heterocycles. The lowest BCUT2D eigenvalue weighted by molar-refractivity contribution is -0.917. The van der Waals surface area contributed by atoms with E-state index >= 15 is 0 Å². The molecule has 2 aromatic carbocycles. The Labute approximate surface area is 181 Å². The molecule has 30 heavy (non-hydrogen) atoms. The summed E-state index contributed by atoms with van der Waals surface area (Å²) in [5.41, 5.74) is 2.20. The van der Waals surface area contributed by atoms with Crippen molar-refractivity contribution in [2.75, 3.05) is 40.4 Å². The molecule has 1 amide bonds. The highest BCUT2D eigenvalue weighted by molar-refractivity contribution is 8.18. The lowest BCUT2D eigenvalue weighted by Gasteiger charge is -2.32. The van der Waals surface area contributed by atoms with E-state index in [0.29, 0.717) is 16.4 Å². The summed E-state index contributed by atoms with van der Waals surface area (Å²) in [6, 6.07) is 16.2. The molecule has 2 heterocycles. The molecular weight excluding hydrogens is 398 g/mol. The van der Waals surface area contributed by atoms with Gasteiger partial charge in [-0.15, -0.1) is 0 Å².